The quantitative estimate of drug-likeness (QED) is 0.638. The average Bonchev–Trinajstić information content (AvgIpc) is 3.00. The Balaban J connectivity index is 1.91. The molecule has 1 amide bonds. The monoisotopic (exact) mass is 339 g/mol. The molecular weight excluding hydrogens is 322 g/mol. The summed E-state index contributed by atoms with van der Waals surface area (Å²) in [6, 6.07) is 7.06. The highest BCUT2D eigenvalue weighted by Crippen LogP contribution is 2.22. The van der Waals surface area contributed by atoms with Gasteiger partial charge in [0.2, 0.25) is 0 Å². The van der Waals surface area contributed by atoms with Gasteiger partial charge in [-0.1, -0.05) is 6.07 Å². The first-order valence-corrected chi connectivity index (χ1v) is 7.61. The van der Waals surface area contributed by atoms with Gasteiger partial charge in [-0.05, 0) is 43.2 Å². The lowest BCUT2D eigenvalue weighted by atomic mass is 10.1. The molecule has 0 unspecified atom stereocenters. The van der Waals surface area contributed by atoms with E-state index >= 15 is 0 Å². The molecule has 3 rings (SSSR count). The van der Waals surface area contributed by atoms with E-state index in [2.05, 4.69) is 20.0 Å². The molecule has 128 valence electrons. The molecule has 3 N–H and O–H groups in total. The average molecular weight is 339 g/mol. The first-order chi connectivity index (χ1) is 11.9. The molecule has 25 heavy (non-hydrogen) atoms. The molecule has 0 spiro atoms. The fourth-order valence-corrected chi connectivity index (χ4v) is 2.74. The van der Waals surface area contributed by atoms with Crippen molar-refractivity contribution in [3.05, 3.63) is 63.2 Å². The molecule has 0 saturated carbocycles. The van der Waals surface area contributed by atoms with Crippen LogP contribution in [-0.2, 0) is 4.74 Å². The molecule has 0 bridgehead atoms. The zero-order valence-corrected chi connectivity index (χ0v) is 14.0. The first kappa shape index (κ1) is 16.5. The van der Waals surface area contributed by atoms with Crippen molar-refractivity contribution >= 4 is 28.5 Å². The number of aromatic amines is 2. The molecule has 2 heterocycles. The summed E-state index contributed by atoms with van der Waals surface area (Å²) < 4.78 is 4.55. The molecule has 0 saturated heterocycles. The van der Waals surface area contributed by atoms with Crippen LogP contribution in [0, 0.1) is 13.8 Å². The van der Waals surface area contributed by atoms with Gasteiger partial charge in [-0.3, -0.25) is 9.59 Å². The molecule has 2 aromatic heterocycles. The number of esters is 1. The Bertz CT molecular complexity index is 1050. The van der Waals surface area contributed by atoms with Crippen LogP contribution in [0.4, 0.5) is 5.69 Å². The Labute approximate surface area is 143 Å². The summed E-state index contributed by atoms with van der Waals surface area (Å²) in [5, 5.41) is 3.62. The maximum atomic E-state index is 12.5. The van der Waals surface area contributed by atoms with Crippen LogP contribution in [0.3, 0.4) is 0 Å². The van der Waals surface area contributed by atoms with Crippen LogP contribution >= 0.6 is 0 Å². The van der Waals surface area contributed by atoms with Crippen molar-refractivity contribution in [1.29, 1.82) is 0 Å². The normalized spacial score (nSPS) is 10.7. The number of carbonyl (C=O) groups excluding carboxylic acids is 2. The number of nitrogens with one attached hydrogen (secondary N) is 3. The van der Waals surface area contributed by atoms with Gasteiger partial charge in [0.25, 0.3) is 11.5 Å². The van der Waals surface area contributed by atoms with E-state index in [1.165, 1.54) is 19.4 Å². The molecule has 7 heteroatoms. The summed E-state index contributed by atoms with van der Waals surface area (Å²) in [4.78, 5) is 41.2. The number of ether oxygens (including phenoxy) is 1. The molecule has 3 aromatic rings. The number of amides is 1. The van der Waals surface area contributed by atoms with Gasteiger partial charge < -0.3 is 20.0 Å². The van der Waals surface area contributed by atoms with Crippen LogP contribution in [0.5, 0.6) is 0 Å². The number of fused-ring (bicyclic) bond motifs is 1. The molecule has 0 atom stereocenters. The highest BCUT2D eigenvalue weighted by molar-refractivity contribution is 6.06. The van der Waals surface area contributed by atoms with Gasteiger partial charge in [-0.15, -0.1) is 0 Å². The van der Waals surface area contributed by atoms with Crippen molar-refractivity contribution in [3.8, 4) is 0 Å². The van der Waals surface area contributed by atoms with Gasteiger partial charge in [0.1, 0.15) is 11.3 Å². The summed E-state index contributed by atoms with van der Waals surface area (Å²) in [6.07, 6.45) is 1.32. The van der Waals surface area contributed by atoms with Crippen molar-refractivity contribution in [1.82, 2.24) is 9.97 Å². The van der Waals surface area contributed by atoms with Gasteiger partial charge in [0.15, 0.2) is 0 Å². The number of methoxy groups -OCH3 is 1. The number of carbonyl (C=O) groups is 2. The van der Waals surface area contributed by atoms with Gasteiger partial charge in [-0.25, -0.2) is 4.79 Å². The Kier molecular flexibility index (Phi) is 4.14. The summed E-state index contributed by atoms with van der Waals surface area (Å²) >= 11 is 0. The number of pyridine rings is 1. The van der Waals surface area contributed by atoms with Gasteiger partial charge in [0.05, 0.1) is 12.8 Å². The first-order valence-electron chi connectivity index (χ1n) is 7.61. The van der Waals surface area contributed by atoms with Crippen LogP contribution in [0.1, 0.15) is 32.0 Å². The smallest absolute Gasteiger partial charge is 0.343 e. The van der Waals surface area contributed by atoms with Crippen LogP contribution in [0.25, 0.3) is 10.9 Å². The zero-order valence-electron chi connectivity index (χ0n) is 14.0. The minimum Gasteiger partial charge on any atom is -0.465 e. The van der Waals surface area contributed by atoms with Crippen LogP contribution < -0.4 is 10.9 Å². The molecule has 0 aliphatic carbocycles. The second kappa shape index (κ2) is 6.27. The standard InChI is InChI=1S/C18H17N3O4/c1-9-4-10(2)12-7-15(21-14(12)5-9)17(23)20-11-6-13(18(24)25-3)16(22)19-8-11/h4-8,21H,1-3H3,(H,19,22)(H,20,23). The number of benzene rings is 1. The SMILES string of the molecule is COC(=O)c1cc(NC(=O)c2cc3c(C)cc(C)cc3[nH]2)c[nH]c1=O. The van der Waals surface area contributed by atoms with Crippen molar-refractivity contribution in [3.63, 3.8) is 0 Å². The van der Waals surface area contributed by atoms with Crippen LogP contribution in [-0.4, -0.2) is 29.0 Å². The number of aryl methyl sites for hydroxylation is 2. The highest BCUT2D eigenvalue weighted by Gasteiger charge is 2.15. The van der Waals surface area contributed by atoms with E-state index in [1.54, 1.807) is 6.07 Å². The van der Waals surface area contributed by atoms with E-state index in [0.29, 0.717) is 5.69 Å². The maximum Gasteiger partial charge on any atom is 0.343 e. The second-order valence-corrected chi connectivity index (χ2v) is 5.80. The van der Waals surface area contributed by atoms with Gasteiger partial charge in [-0.2, -0.15) is 0 Å². The largest absolute Gasteiger partial charge is 0.465 e. The number of hydrogen-bond acceptors (Lipinski definition) is 4. The van der Waals surface area contributed by atoms with E-state index in [1.807, 2.05) is 26.0 Å². The maximum absolute atomic E-state index is 12.5. The third kappa shape index (κ3) is 3.16. The molecular formula is C18H17N3O4. The van der Waals surface area contributed by atoms with Crippen molar-refractivity contribution in [2.45, 2.75) is 13.8 Å². The Morgan fingerprint density at radius 1 is 1.12 bits per heavy atom. The van der Waals surface area contributed by atoms with E-state index in [4.69, 9.17) is 0 Å². The highest BCUT2D eigenvalue weighted by atomic mass is 16.5. The summed E-state index contributed by atoms with van der Waals surface area (Å²) in [5.41, 5.74) is 2.96. The Morgan fingerprint density at radius 3 is 2.60 bits per heavy atom. The summed E-state index contributed by atoms with van der Waals surface area (Å²) in [7, 11) is 1.18. The minimum atomic E-state index is -0.769. The molecule has 1 aromatic carbocycles. The van der Waals surface area contributed by atoms with Gasteiger partial charge in [0, 0.05) is 17.1 Å². The lowest BCUT2D eigenvalue weighted by molar-refractivity contribution is 0.0598. The van der Waals surface area contributed by atoms with Crippen LogP contribution in [0.2, 0.25) is 0 Å². The van der Waals surface area contributed by atoms with Crippen LogP contribution in [0.15, 0.2) is 35.3 Å². The van der Waals surface area contributed by atoms with E-state index < -0.39 is 11.5 Å². The molecule has 0 aliphatic rings. The van der Waals surface area contributed by atoms with E-state index in [9.17, 15) is 14.4 Å². The predicted octanol–water partition coefficient (Wildman–Crippen LogP) is 2.51. The minimum absolute atomic E-state index is 0.177. The third-order valence-electron chi connectivity index (χ3n) is 3.90. The molecule has 7 nitrogen and oxygen atoms in total. The summed E-state index contributed by atoms with van der Waals surface area (Å²) in [5.74, 6) is -1.15. The lowest BCUT2D eigenvalue weighted by Gasteiger charge is -2.05. The second-order valence-electron chi connectivity index (χ2n) is 5.80. The molecule has 0 aliphatic heterocycles. The zero-order chi connectivity index (χ0) is 18.1. The fourth-order valence-electron chi connectivity index (χ4n) is 2.74. The van der Waals surface area contributed by atoms with E-state index in [-0.39, 0.29) is 17.2 Å². The topological polar surface area (TPSA) is 104 Å². The fraction of sp³-hybridized carbons (Fsp3) is 0.167. The number of hydrogen-bond donors (Lipinski definition) is 3. The van der Waals surface area contributed by atoms with Crippen molar-refractivity contribution in [2.24, 2.45) is 0 Å². The van der Waals surface area contributed by atoms with Gasteiger partial charge >= 0.3 is 5.97 Å². The Morgan fingerprint density at radius 2 is 1.88 bits per heavy atom. The van der Waals surface area contributed by atoms with Crippen molar-refractivity contribution < 1.29 is 14.3 Å². The number of H-pyrrole nitrogens is 2. The molecule has 0 fully saturated rings. The number of aromatic nitrogens is 2. The third-order valence-corrected chi connectivity index (χ3v) is 3.90. The van der Waals surface area contributed by atoms with Crippen molar-refractivity contribution in [2.75, 3.05) is 12.4 Å². The molecule has 0 radical (unpaired) electrons. The van der Waals surface area contributed by atoms with E-state index in [0.717, 1.165) is 22.0 Å². The Hall–Kier alpha value is -3.35. The number of rotatable bonds is 3. The number of anilines is 1. The predicted molar refractivity (Wildman–Crippen MR) is 94.1 cm³/mol. The lowest BCUT2D eigenvalue weighted by Crippen LogP contribution is -2.20. The summed E-state index contributed by atoms with van der Waals surface area (Å²) in [6.45, 7) is 3.97.